The molecular weight excluding hydrogens is 570 g/mol. The lowest BCUT2D eigenvalue weighted by molar-refractivity contribution is -0.185. The molecule has 2 saturated heterocycles. The zero-order valence-corrected chi connectivity index (χ0v) is 23.8. The van der Waals surface area contributed by atoms with Gasteiger partial charge < -0.3 is 16.4 Å². The number of carbonyl (C=O) groups is 3. The molecule has 0 radical (unpaired) electrons. The molecule has 3 aliphatic rings. The number of aliphatic imine (C=N–C) groups is 1. The van der Waals surface area contributed by atoms with E-state index in [9.17, 15) is 27.6 Å². The largest absolute Gasteiger partial charge is 0.397 e. The maximum Gasteiger partial charge on any atom is 0.391 e. The van der Waals surface area contributed by atoms with E-state index in [1.54, 1.807) is 6.07 Å². The van der Waals surface area contributed by atoms with Crippen LogP contribution in [0.2, 0.25) is 0 Å². The van der Waals surface area contributed by atoms with E-state index in [4.69, 9.17) is 11.5 Å². The van der Waals surface area contributed by atoms with Gasteiger partial charge in [-0.1, -0.05) is 0 Å². The van der Waals surface area contributed by atoms with Crippen molar-refractivity contribution in [1.82, 2.24) is 20.1 Å². The molecule has 0 spiro atoms. The summed E-state index contributed by atoms with van der Waals surface area (Å²) in [6.45, 7) is 4.06. The van der Waals surface area contributed by atoms with Crippen LogP contribution >= 0.6 is 0 Å². The molecule has 1 aromatic heterocycles. The number of likely N-dealkylation sites (tertiary alicyclic amines) is 1. The fourth-order valence-corrected chi connectivity index (χ4v) is 5.87. The standard InChI is InChI=1S/C29H33F4N7O3/c1-14(2)36-26(35)25-24(34)15(12-39-9-7-16(8-10-39)29(31,32)33)11-20(37-25)18-4-3-17-19(23(18)30)13-40(28(17)43)21-5-6-22(41)38-27(21)42/h3-4,11,14,16,21H,5-10,12-13,34H2,1-2H3,(H2,35,36)(H,38,41,42). The minimum absolute atomic E-state index is 0.0344. The van der Waals surface area contributed by atoms with Gasteiger partial charge in [0.05, 0.1) is 23.8 Å². The zero-order chi connectivity index (χ0) is 31.2. The van der Waals surface area contributed by atoms with E-state index in [2.05, 4.69) is 15.3 Å². The highest BCUT2D eigenvalue weighted by Crippen LogP contribution is 2.37. The smallest absolute Gasteiger partial charge is 0.391 e. The van der Waals surface area contributed by atoms with Gasteiger partial charge in [0.25, 0.3) is 5.91 Å². The molecule has 3 aliphatic heterocycles. The van der Waals surface area contributed by atoms with Crippen molar-refractivity contribution in [3.63, 3.8) is 0 Å². The number of fused-ring (bicyclic) bond motifs is 1. The Bertz CT molecular complexity index is 1500. The minimum Gasteiger partial charge on any atom is -0.397 e. The van der Waals surface area contributed by atoms with Crippen molar-refractivity contribution < 1.29 is 31.9 Å². The number of anilines is 1. The van der Waals surface area contributed by atoms with E-state index in [1.807, 2.05) is 18.7 Å². The fourth-order valence-electron chi connectivity index (χ4n) is 5.87. The second kappa shape index (κ2) is 11.5. The van der Waals surface area contributed by atoms with Crippen LogP contribution in [0.3, 0.4) is 0 Å². The van der Waals surface area contributed by atoms with Crippen molar-refractivity contribution in [2.45, 2.75) is 70.9 Å². The molecule has 5 rings (SSSR count). The number of hydrogen-bond donors (Lipinski definition) is 3. The number of nitrogens with two attached hydrogens (primary N) is 2. The Labute approximate surface area is 245 Å². The van der Waals surface area contributed by atoms with Crippen molar-refractivity contribution in [2.75, 3.05) is 18.8 Å². The first-order chi connectivity index (χ1) is 20.2. The summed E-state index contributed by atoms with van der Waals surface area (Å²) in [5.41, 5.74) is 14.0. The number of alkyl halides is 3. The van der Waals surface area contributed by atoms with Crippen LogP contribution in [-0.4, -0.2) is 69.7 Å². The first-order valence-corrected chi connectivity index (χ1v) is 14.1. The SMILES string of the molecule is CC(C)N=C(N)c1nc(-c2ccc3c(c2F)CN(C2CCC(=O)NC2=O)C3=O)cc(CN2CCC(C(F)(F)F)CC2)c1N. The summed E-state index contributed by atoms with van der Waals surface area (Å²) >= 11 is 0. The van der Waals surface area contributed by atoms with Gasteiger partial charge in [0.2, 0.25) is 11.8 Å². The topological polar surface area (TPSA) is 147 Å². The third kappa shape index (κ3) is 6.05. The van der Waals surface area contributed by atoms with Crippen LogP contribution in [0.4, 0.5) is 23.2 Å². The van der Waals surface area contributed by atoms with Gasteiger partial charge in [-0.3, -0.25) is 29.6 Å². The summed E-state index contributed by atoms with van der Waals surface area (Å²) in [4.78, 5) is 49.1. The highest BCUT2D eigenvalue weighted by molar-refractivity contribution is 6.06. The predicted octanol–water partition coefficient (Wildman–Crippen LogP) is 3.12. The van der Waals surface area contributed by atoms with E-state index in [0.717, 1.165) is 0 Å². The van der Waals surface area contributed by atoms with E-state index in [1.165, 1.54) is 17.0 Å². The zero-order valence-electron chi connectivity index (χ0n) is 23.8. The molecule has 5 N–H and O–H groups in total. The van der Waals surface area contributed by atoms with Crippen molar-refractivity contribution in [1.29, 1.82) is 0 Å². The monoisotopic (exact) mass is 603 g/mol. The number of rotatable bonds is 6. The number of amides is 3. The number of nitrogens with one attached hydrogen (secondary N) is 1. The van der Waals surface area contributed by atoms with Gasteiger partial charge in [0.1, 0.15) is 23.4 Å². The number of pyridine rings is 1. The average Bonchev–Trinajstić information content (AvgIpc) is 3.26. The highest BCUT2D eigenvalue weighted by atomic mass is 19.4. The van der Waals surface area contributed by atoms with Crippen LogP contribution in [0.25, 0.3) is 11.3 Å². The third-order valence-electron chi connectivity index (χ3n) is 8.15. The lowest BCUT2D eigenvalue weighted by Crippen LogP contribution is -2.52. The fraction of sp³-hybridized carbons (Fsp3) is 0.483. The summed E-state index contributed by atoms with van der Waals surface area (Å²) < 4.78 is 55.7. The number of hydrogen-bond acceptors (Lipinski definition) is 7. The van der Waals surface area contributed by atoms with Gasteiger partial charge in [-0.05, 0) is 70.0 Å². The molecule has 1 atom stereocenters. The van der Waals surface area contributed by atoms with Crippen LogP contribution < -0.4 is 16.8 Å². The first-order valence-electron chi connectivity index (χ1n) is 14.1. The normalized spacial score (nSPS) is 20.6. The van der Waals surface area contributed by atoms with Gasteiger partial charge in [-0.25, -0.2) is 9.37 Å². The van der Waals surface area contributed by atoms with Crippen molar-refractivity contribution >= 4 is 29.2 Å². The summed E-state index contributed by atoms with van der Waals surface area (Å²) in [6.07, 6.45) is -4.12. The lowest BCUT2D eigenvalue weighted by Gasteiger charge is -2.33. The average molecular weight is 604 g/mol. The second-order valence-corrected chi connectivity index (χ2v) is 11.5. The number of aromatic nitrogens is 1. The molecule has 10 nitrogen and oxygen atoms in total. The van der Waals surface area contributed by atoms with Crippen LogP contribution in [0, 0.1) is 11.7 Å². The number of carbonyl (C=O) groups excluding carboxylic acids is 3. The Balaban J connectivity index is 1.49. The molecule has 0 aliphatic carbocycles. The summed E-state index contributed by atoms with van der Waals surface area (Å²) in [7, 11) is 0. The molecule has 1 unspecified atom stereocenters. The number of imide groups is 1. The molecule has 43 heavy (non-hydrogen) atoms. The van der Waals surface area contributed by atoms with Crippen LogP contribution in [0.5, 0.6) is 0 Å². The minimum atomic E-state index is -4.25. The van der Waals surface area contributed by atoms with Gasteiger partial charge in [-0.2, -0.15) is 13.2 Å². The molecule has 0 bridgehead atoms. The van der Waals surface area contributed by atoms with Crippen LogP contribution in [0.1, 0.15) is 66.7 Å². The number of nitrogen functional groups attached to an aromatic ring is 1. The Hall–Kier alpha value is -4.07. The lowest BCUT2D eigenvalue weighted by atomic mass is 9.95. The van der Waals surface area contributed by atoms with E-state index in [0.29, 0.717) is 5.56 Å². The van der Waals surface area contributed by atoms with Crippen molar-refractivity contribution in [3.8, 4) is 11.3 Å². The molecular formula is C29H33F4N7O3. The van der Waals surface area contributed by atoms with Crippen molar-refractivity contribution in [3.05, 3.63) is 46.4 Å². The number of amidine groups is 1. The van der Waals surface area contributed by atoms with Gasteiger partial charge in [0, 0.05) is 35.7 Å². The number of nitrogens with zero attached hydrogens (tertiary/aromatic N) is 4. The maximum atomic E-state index is 16.1. The van der Waals surface area contributed by atoms with E-state index in [-0.39, 0.29) is 97.5 Å². The molecule has 0 saturated carbocycles. The molecule has 14 heteroatoms. The maximum absolute atomic E-state index is 16.1. The number of piperidine rings is 2. The van der Waals surface area contributed by atoms with Gasteiger partial charge >= 0.3 is 6.18 Å². The van der Waals surface area contributed by atoms with E-state index < -0.39 is 41.7 Å². The Morgan fingerprint density at radius 2 is 1.81 bits per heavy atom. The third-order valence-corrected chi connectivity index (χ3v) is 8.15. The van der Waals surface area contributed by atoms with Crippen molar-refractivity contribution in [2.24, 2.45) is 16.6 Å². The summed E-state index contributed by atoms with van der Waals surface area (Å²) in [5, 5.41) is 2.22. The molecule has 2 fully saturated rings. The van der Waals surface area contributed by atoms with Crippen LogP contribution in [0.15, 0.2) is 23.2 Å². The quantitative estimate of drug-likeness (QED) is 0.199. The Morgan fingerprint density at radius 3 is 2.44 bits per heavy atom. The summed E-state index contributed by atoms with van der Waals surface area (Å²) in [6, 6.07) is 3.36. The summed E-state index contributed by atoms with van der Waals surface area (Å²) in [5.74, 6) is -3.58. The molecule has 3 amide bonds. The second-order valence-electron chi connectivity index (χ2n) is 11.5. The van der Waals surface area contributed by atoms with Gasteiger partial charge in [-0.15, -0.1) is 0 Å². The Kier molecular flexibility index (Phi) is 8.16. The first kappa shape index (κ1) is 30.4. The number of halogens is 4. The highest BCUT2D eigenvalue weighted by Gasteiger charge is 2.42. The van der Waals surface area contributed by atoms with Crippen LogP contribution in [-0.2, 0) is 22.7 Å². The van der Waals surface area contributed by atoms with E-state index >= 15 is 4.39 Å². The van der Waals surface area contributed by atoms with Gasteiger partial charge in [0.15, 0.2) is 0 Å². The molecule has 4 heterocycles. The Morgan fingerprint density at radius 1 is 1.14 bits per heavy atom. The molecule has 1 aromatic carbocycles. The molecule has 230 valence electrons. The predicted molar refractivity (Wildman–Crippen MR) is 150 cm³/mol. The number of benzene rings is 1. The molecule has 2 aromatic rings.